The first-order valence-electron chi connectivity index (χ1n) is 12.5. The van der Waals surface area contributed by atoms with Gasteiger partial charge in [0.15, 0.2) is 0 Å². The predicted molar refractivity (Wildman–Crippen MR) is 123 cm³/mol. The molecule has 0 spiro atoms. The lowest BCUT2D eigenvalue weighted by molar-refractivity contribution is -0.910. The van der Waals surface area contributed by atoms with Gasteiger partial charge in [0.05, 0.1) is 26.7 Å². The first-order chi connectivity index (χ1) is 13.5. The van der Waals surface area contributed by atoms with Crippen LogP contribution in [-0.2, 0) is 9.53 Å². The lowest BCUT2D eigenvalue weighted by Crippen LogP contribution is -2.47. The molecule has 0 fully saturated rings. The van der Waals surface area contributed by atoms with Gasteiger partial charge in [0.2, 0.25) is 0 Å². The van der Waals surface area contributed by atoms with E-state index in [4.69, 9.17) is 4.74 Å². The Kier molecular flexibility index (Phi) is 18.1. The normalized spacial score (nSPS) is 12.9. The Morgan fingerprint density at radius 3 is 1.57 bits per heavy atom. The lowest BCUT2D eigenvalue weighted by atomic mass is 10.1. The third-order valence-electron chi connectivity index (χ3n) is 6.04. The van der Waals surface area contributed by atoms with E-state index in [2.05, 4.69) is 27.8 Å². The van der Waals surface area contributed by atoms with Gasteiger partial charge in [-0.2, -0.15) is 0 Å². The highest BCUT2D eigenvalue weighted by atomic mass is 16.5. The Hall–Kier alpha value is -0.570. The zero-order chi connectivity index (χ0) is 21.1. The summed E-state index contributed by atoms with van der Waals surface area (Å²) in [5.74, 6) is -0.125. The SMILES string of the molecule is CCCCCCCC[N+](C)(CCCCCCCC)CCC(CCC)OC(C)=O. The molecule has 0 aromatic heterocycles. The van der Waals surface area contributed by atoms with Gasteiger partial charge < -0.3 is 9.22 Å². The number of ether oxygens (including phenoxy) is 1. The Morgan fingerprint density at radius 2 is 1.14 bits per heavy atom. The van der Waals surface area contributed by atoms with E-state index in [0.717, 1.165) is 30.3 Å². The molecular formula is C25H52NO2+. The molecule has 168 valence electrons. The number of hydrogen-bond donors (Lipinski definition) is 0. The molecule has 3 heteroatoms. The minimum Gasteiger partial charge on any atom is -0.462 e. The molecule has 28 heavy (non-hydrogen) atoms. The Morgan fingerprint density at radius 1 is 0.679 bits per heavy atom. The van der Waals surface area contributed by atoms with E-state index in [1.54, 1.807) is 6.92 Å². The number of nitrogens with zero attached hydrogens (tertiary/aromatic N) is 1. The van der Waals surface area contributed by atoms with Gasteiger partial charge in [-0.3, -0.25) is 4.79 Å². The molecule has 1 unspecified atom stereocenters. The van der Waals surface area contributed by atoms with E-state index < -0.39 is 0 Å². The average molecular weight is 399 g/mol. The van der Waals surface area contributed by atoms with Crippen molar-refractivity contribution in [2.45, 2.75) is 130 Å². The number of quaternary nitrogens is 1. The van der Waals surface area contributed by atoms with Crippen LogP contribution in [0.1, 0.15) is 124 Å². The van der Waals surface area contributed by atoms with E-state index in [0.29, 0.717) is 0 Å². The first kappa shape index (κ1) is 27.4. The van der Waals surface area contributed by atoms with Gasteiger partial charge in [-0.25, -0.2) is 0 Å². The second-order valence-corrected chi connectivity index (χ2v) is 9.13. The van der Waals surface area contributed by atoms with E-state index >= 15 is 0 Å². The summed E-state index contributed by atoms with van der Waals surface area (Å²) in [6.07, 6.45) is 19.5. The molecule has 0 amide bonds. The van der Waals surface area contributed by atoms with E-state index in [9.17, 15) is 4.79 Å². The fourth-order valence-electron chi connectivity index (χ4n) is 4.16. The van der Waals surface area contributed by atoms with Crippen molar-refractivity contribution in [3.63, 3.8) is 0 Å². The van der Waals surface area contributed by atoms with Crippen molar-refractivity contribution in [3.05, 3.63) is 0 Å². The summed E-state index contributed by atoms with van der Waals surface area (Å²) in [7, 11) is 2.44. The van der Waals surface area contributed by atoms with Gasteiger partial charge in [-0.05, 0) is 32.1 Å². The van der Waals surface area contributed by atoms with Crippen LogP contribution in [0, 0.1) is 0 Å². The molecule has 0 rings (SSSR count). The van der Waals surface area contributed by atoms with Gasteiger partial charge in [-0.15, -0.1) is 0 Å². The number of hydrogen-bond acceptors (Lipinski definition) is 2. The average Bonchev–Trinajstić information content (AvgIpc) is 2.65. The highest BCUT2D eigenvalue weighted by Gasteiger charge is 2.23. The zero-order valence-electron chi connectivity index (χ0n) is 20.1. The number of esters is 1. The van der Waals surface area contributed by atoms with Crippen LogP contribution in [0.4, 0.5) is 0 Å². The molecule has 0 saturated carbocycles. The molecule has 0 N–H and O–H groups in total. The molecule has 0 aliphatic carbocycles. The molecule has 0 aliphatic rings. The molecule has 0 saturated heterocycles. The monoisotopic (exact) mass is 398 g/mol. The van der Waals surface area contributed by atoms with Crippen LogP contribution in [0.3, 0.4) is 0 Å². The first-order valence-corrected chi connectivity index (χ1v) is 12.5. The van der Waals surface area contributed by atoms with Gasteiger partial charge in [0, 0.05) is 13.3 Å². The van der Waals surface area contributed by atoms with Crippen molar-refractivity contribution in [2.24, 2.45) is 0 Å². The summed E-state index contributed by atoms with van der Waals surface area (Å²) < 4.78 is 6.73. The van der Waals surface area contributed by atoms with Gasteiger partial charge in [-0.1, -0.05) is 78.6 Å². The molecule has 3 nitrogen and oxygen atoms in total. The fourth-order valence-corrected chi connectivity index (χ4v) is 4.16. The second-order valence-electron chi connectivity index (χ2n) is 9.13. The minimum absolute atomic E-state index is 0.106. The van der Waals surface area contributed by atoms with Crippen LogP contribution in [0.15, 0.2) is 0 Å². The number of unbranched alkanes of at least 4 members (excludes halogenated alkanes) is 10. The van der Waals surface area contributed by atoms with Gasteiger partial charge >= 0.3 is 5.97 Å². The van der Waals surface area contributed by atoms with Crippen molar-refractivity contribution in [2.75, 3.05) is 26.7 Å². The third-order valence-corrected chi connectivity index (χ3v) is 6.04. The lowest BCUT2D eigenvalue weighted by Gasteiger charge is -2.36. The van der Waals surface area contributed by atoms with Crippen LogP contribution in [0.2, 0.25) is 0 Å². The smallest absolute Gasteiger partial charge is 0.302 e. The highest BCUT2D eigenvalue weighted by Crippen LogP contribution is 2.17. The second kappa shape index (κ2) is 18.5. The molecule has 0 heterocycles. The van der Waals surface area contributed by atoms with Gasteiger partial charge in [0.25, 0.3) is 0 Å². The zero-order valence-corrected chi connectivity index (χ0v) is 20.1. The molecule has 0 aromatic rings. The number of carbonyl (C=O) groups excluding carboxylic acids is 1. The van der Waals surface area contributed by atoms with Crippen LogP contribution in [-0.4, -0.2) is 43.2 Å². The molecule has 1 atom stereocenters. The third kappa shape index (κ3) is 16.4. The van der Waals surface area contributed by atoms with E-state index in [1.165, 1.54) is 90.1 Å². The topological polar surface area (TPSA) is 26.3 Å². The van der Waals surface area contributed by atoms with Gasteiger partial charge in [0.1, 0.15) is 6.10 Å². The van der Waals surface area contributed by atoms with E-state index in [1.807, 2.05) is 0 Å². The van der Waals surface area contributed by atoms with Crippen LogP contribution in [0.25, 0.3) is 0 Å². The Balaban J connectivity index is 4.46. The maximum atomic E-state index is 11.4. The maximum Gasteiger partial charge on any atom is 0.302 e. The Labute approximate surface area is 177 Å². The highest BCUT2D eigenvalue weighted by molar-refractivity contribution is 5.66. The van der Waals surface area contributed by atoms with E-state index in [-0.39, 0.29) is 12.1 Å². The van der Waals surface area contributed by atoms with Crippen molar-refractivity contribution < 1.29 is 14.0 Å². The van der Waals surface area contributed by atoms with Crippen molar-refractivity contribution >= 4 is 5.97 Å². The number of carbonyl (C=O) groups is 1. The molecule has 0 aliphatic heterocycles. The maximum absolute atomic E-state index is 11.4. The minimum atomic E-state index is -0.125. The quantitative estimate of drug-likeness (QED) is 0.122. The van der Waals surface area contributed by atoms with Crippen molar-refractivity contribution in [3.8, 4) is 0 Å². The van der Waals surface area contributed by atoms with Crippen LogP contribution < -0.4 is 0 Å². The summed E-state index contributed by atoms with van der Waals surface area (Å²) in [6.45, 7) is 12.0. The molecule has 0 aromatic carbocycles. The number of rotatable bonds is 20. The predicted octanol–water partition coefficient (Wildman–Crippen LogP) is 7.28. The van der Waals surface area contributed by atoms with Crippen LogP contribution in [0.5, 0.6) is 0 Å². The Bertz CT molecular complexity index is 340. The van der Waals surface area contributed by atoms with Crippen molar-refractivity contribution in [1.82, 2.24) is 0 Å². The standard InChI is InChI=1S/C25H52NO2/c1-6-9-11-13-15-17-21-26(5,22-18-16-14-12-10-7-2)23-20-25(19-8-3)28-24(4)27/h25H,6-23H2,1-5H3/q+1. The summed E-state index contributed by atoms with van der Waals surface area (Å²) in [6, 6.07) is 0. The van der Waals surface area contributed by atoms with Crippen molar-refractivity contribution in [1.29, 1.82) is 0 Å². The summed E-state index contributed by atoms with van der Waals surface area (Å²) >= 11 is 0. The molecule has 0 bridgehead atoms. The summed E-state index contributed by atoms with van der Waals surface area (Å²) in [5, 5.41) is 0. The molecule has 0 radical (unpaired) electrons. The summed E-state index contributed by atoms with van der Waals surface area (Å²) in [5.41, 5.74) is 0. The fraction of sp³-hybridized carbons (Fsp3) is 0.960. The largest absolute Gasteiger partial charge is 0.462 e. The van der Waals surface area contributed by atoms with Crippen LogP contribution >= 0.6 is 0 Å². The summed E-state index contributed by atoms with van der Waals surface area (Å²) in [4.78, 5) is 11.4. The molecular weight excluding hydrogens is 346 g/mol.